The summed E-state index contributed by atoms with van der Waals surface area (Å²) in [4.78, 5) is 0. The lowest BCUT2D eigenvalue weighted by molar-refractivity contribution is 1.33. The van der Waals surface area contributed by atoms with E-state index in [1.165, 1.54) is 11.1 Å². The molecular weight excluding hydrogens is 296 g/mol. The van der Waals surface area contributed by atoms with Crippen molar-refractivity contribution in [2.45, 2.75) is 27.7 Å². The van der Waals surface area contributed by atoms with E-state index >= 15 is 0 Å². The van der Waals surface area contributed by atoms with E-state index in [1.807, 2.05) is 31.2 Å². The van der Waals surface area contributed by atoms with E-state index < -0.39 is 0 Å². The molecule has 0 heterocycles. The first-order valence-corrected chi connectivity index (χ1v) is 7.04. The van der Waals surface area contributed by atoms with Crippen molar-refractivity contribution in [1.82, 2.24) is 0 Å². The van der Waals surface area contributed by atoms with Crippen molar-refractivity contribution >= 4 is 15.9 Å². The first-order valence-electron chi connectivity index (χ1n) is 6.25. The smallest absolute Gasteiger partial charge is 0.0103 e. The Morgan fingerprint density at radius 1 is 0.842 bits per heavy atom. The Morgan fingerprint density at radius 3 is 1.89 bits per heavy atom. The molecule has 0 atom stereocenters. The van der Waals surface area contributed by atoms with Gasteiger partial charge in [0.2, 0.25) is 0 Å². The van der Waals surface area contributed by atoms with E-state index in [9.17, 15) is 0 Å². The average Bonchev–Trinajstić information content (AvgIpc) is 2.38. The second kappa shape index (κ2) is 9.57. The maximum Gasteiger partial charge on any atom is 0.0103 e. The van der Waals surface area contributed by atoms with E-state index in [0.717, 1.165) is 15.6 Å². The zero-order valence-corrected chi connectivity index (χ0v) is 13.9. The minimum Gasteiger partial charge on any atom is -0.0915 e. The van der Waals surface area contributed by atoms with Crippen molar-refractivity contribution in [1.29, 1.82) is 0 Å². The highest BCUT2D eigenvalue weighted by Gasteiger charge is 1.93. The van der Waals surface area contributed by atoms with Crippen molar-refractivity contribution in [2.75, 3.05) is 0 Å². The van der Waals surface area contributed by atoms with Gasteiger partial charge in [0.05, 0.1) is 0 Å². The first-order chi connectivity index (χ1) is 8.88. The van der Waals surface area contributed by atoms with Gasteiger partial charge in [-0.2, -0.15) is 0 Å². The number of hydrogen-bond acceptors (Lipinski definition) is 0. The topological polar surface area (TPSA) is 0 Å². The van der Waals surface area contributed by atoms with Gasteiger partial charge in [-0.3, -0.25) is 0 Å². The molecule has 0 bridgehead atoms. The highest BCUT2D eigenvalue weighted by Crippen LogP contribution is 2.14. The molecule has 0 aromatic carbocycles. The third-order valence-electron chi connectivity index (χ3n) is 2.72. The fraction of sp³-hybridized carbons (Fsp3) is 0.222. The Morgan fingerprint density at radius 2 is 1.37 bits per heavy atom. The van der Waals surface area contributed by atoms with E-state index in [1.54, 1.807) is 0 Å². The van der Waals surface area contributed by atoms with Crippen LogP contribution >= 0.6 is 15.9 Å². The molecule has 0 aliphatic carbocycles. The predicted molar refractivity (Wildman–Crippen MR) is 92.4 cm³/mol. The summed E-state index contributed by atoms with van der Waals surface area (Å²) in [7, 11) is 0. The van der Waals surface area contributed by atoms with Gasteiger partial charge in [0, 0.05) is 4.48 Å². The molecular formula is C18H23Br. The van der Waals surface area contributed by atoms with Crippen molar-refractivity contribution < 1.29 is 0 Å². The van der Waals surface area contributed by atoms with Crippen molar-refractivity contribution in [3.63, 3.8) is 0 Å². The molecule has 0 unspecified atom stereocenters. The van der Waals surface area contributed by atoms with Gasteiger partial charge in [-0.1, -0.05) is 65.5 Å². The summed E-state index contributed by atoms with van der Waals surface area (Å²) < 4.78 is 0.846. The Kier molecular flexibility index (Phi) is 8.90. The van der Waals surface area contributed by atoms with Gasteiger partial charge in [0.15, 0.2) is 0 Å². The maximum absolute atomic E-state index is 4.03. The summed E-state index contributed by atoms with van der Waals surface area (Å²) in [5, 5.41) is 0. The maximum atomic E-state index is 4.03. The van der Waals surface area contributed by atoms with E-state index in [-0.39, 0.29) is 0 Å². The zero-order valence-electron chi connectivity index (χ0n) is 12.3. The summed E-state index contributed by atoms with van der Waals surface area (Å²) in [6.45, 7) is 16.1. The van der Waals surface area contributed by atoms with Gasteiger partial charge in [0.25, 0.3) is 0 Å². The molecule has 19 heavy (non-hydrogen) atoms. The molecule has 1 heteroatoms. The third-order valence-corrected chi connectivity index (χ3v) is 2.98. The van der Waals surface area contributed by atoms with Crippen LogP contribution in [0.4, 0.5) is 0 Å². The molecule has 0 nitrogen and oxygen atoms in total. The lowest BCUT2D eigenvalue weighted by atomic mass is 10.1. The largest absolute Gasteiger partial charge is 0.0915 e. The Balaban J connectivity index is 4.87. The SMILES string of the molecule is C=C(Br)/C=C\C(=C)/C(C)=C/C=C(C)/C(C)=C/C=C\C. The average molecular weight is 319 g/mol. The lowest BCUT2D eigenvalue weighted by Gasteiger charge is -2.01. The van der Waals surface area contributed by atoms with Crippen LogP contribution < -0.4 is 0 Å². The normalized spacial score (nSPS) is 14.5. The molecule has 0 spiro atoms. The summed E-state index contributed by atoms with van der Waals surface area (Å²) in [5.41, 5.74) is 4.64. The predicted octanol–water partition coefficient (Wildman–Crippen LogP) is 6.42. The van der Waals surface area contributed by atoms with Gasteiger partial charge in [-0.25, -0.2) is 0 Å². The summed E-state index contributed by atoms with van der Waals surface area (Å²) in [5.74, 6) is 0. The van der Waals surface area contributed by atoms with Crippen LogP contribution in [-0.2, 0) is 0 Å². The highest BCUT2D eigenvalue weighted by molar-refractivity contribution is 9.11. The van der Waals surface area contributed by atoms with Crippen LogP contribution in [0, 0.1) is 0 Å². The number of halogens is 1. The number of allylic oxidation sites excluding steroid dienone is 12. The molecule has 0 N–H and O–H groups in total. The third kappa shape index (κ3) is 8.39. The minimum absolute atomic E-state index is 0.846. The second-order valence-electron chi connectivity index (χ2n) is 4.38. The van der Waals surface area contributed by atoms with Crippen molar-refractivity contribution in [3.05, 3.63) is 82.5 Å². The molecule has 0 fully saturated rings. The standard InChI is InChI=1S/C18H23Br/c1-7-8-9-14(2)15(3)10-11-16(4)17(5)12-13-18(6)19/h7-13H,5-6H2,1-4H3/b8-7-,13-12-,14-9+,15-10+,16-11+. The first kappa shape index (κ1) is 17.7. The van der Waals surface area contributed by atoms with E-state index in [2.05, 4.69) is 68.1 Å². The van der Waals surface area contributed by atoms with Crippen LogP contribution in [0.5, 0.6) is 0 Å². The molecule has 0 saturated carbocycles. The zero-order chi connectivity index (χ0) is 14.8. The van der Waals surface area contributed by atoms with Crippen LogP contribution in [0.1, 0.15) is 27.7 Å². The fourth-order valence-corrected chi connectivity index (χ4v) is 1.32. The van der Waals surface area contributed by atoms with Crippen molar-refractivity contribution in [3.8, 4) is 0 Å². The quantitative estimate of drug-likeness (QED) is 0.495. The van der Waals surface area contributed by atoms with Crippen LogP contribution in [0.25, 0.3) is 0 Å². The fourth-order valence-electron chi connectivity index (χ4n) is 1.18. The van der Waals surface area contributed by atoms with Gasteiger partial charge in [0.1, 0.15) is 0 Å². The van der Waals surface area contributed by atoms with Gasteiger partial charge in [-0.15, -0.1) is 0 Å². The van der Waals surface area contributed by atoms with Gasteiger partial charge < -0.3 is 0 Å². The summed E-state index contributed by atoms with van der Waals surface area (Å²) >= 11 is 3.29. The van der Waals surface area contributed by atoms with Crippen molar-refractivity contribution in [2.24, 2.45) is 0 Å². The second-order valence-corrected chi connectivity index (χ2v) is 5.40. The summed E-state index contributed by atoms with van der Waals surface area (Å²) in [6.07, 6.45) is 14.2. The van der Waals surface area contributed by atoms with Gasteiger partial charge in [-0.05, 0) is 56.1 Å². The van der Waals surface area contributed by atoms with Crippen LogP contribution in [0.2, 0.25) is 0 Å². The molecule has 0 amide bonds. The molecule has 0 aromatic rings. The minimum atomic E-state index is 0.846. The highest BCUT2D eigenvalue weighted by atomic mass is 79.9. The lowest BCUT2D eigenvalue weighted by Crippen LogP contribution is -1.81. The number of hydrogen-bond donors (Lipinski definition) is 0. The molecule has 0 saturated heterocycles. The monoisotopic (exact) mass is 318 g/mol. The molecule has 0 aliphatic heterocycles. The van der Waals surface area contributed by atoms with Crippen LogP contribution in [0.15, 0.2) is 82.5 Å². The molecule has 0 aliphatic rings. The van der Waals surface area contributed by atoms with Gasteiger partial charge >= 0.3 is 0 Å². The Hall–Kier alpha value is -1.34. The number of rotatable bonds is 6. The Labute approximate surface area is 126 Å². The molecule has 102 valence electrons. The van der Waals surface area contributed by atoms with Crippen LogP contribution in [-0.4, -0.2) is 0 Å². The molecule has 0 radical (unpaired) electrons. The van der Waals surface area contributed by atoms with Crippen LogP contribution in [0.3, 0.4) is 0 Å². The Bertz CT molecular complexity index is 480. The molecule has 0 rings (SSSR count). The van der Waals surface area contributed by atoms with E-state index in [4.69, 9.17) is 0 Å². The summed E-state index contributed by atoms with van der Waals surface area (Å²) in [6, 6.07) is 0. The molecule has 0 aromatic heterocycles. The van der Waals surface area contributed by atoms with E-state index in [0.29, 0.717) is 0 Å².